The molecule has 0 radical (unpaired) electrons. The van der Waals surface area contributed by atoms with E-state index in [4.69, 9.17) is 16.3 Å². The van der Waals surface area contributed by atoms with Gasteiger partial charge in [-0.3, -0.25) is 4.79 Å². The predicted octanol–water partition coefficient (Wildman–Crippen LogP) is 4.01. The van der Waals surface area contributed by atoms with Crippen molar-refractivity contribution < 1.29 is 9.53 Å². The highest BCUT2D eigenvalue weighted by atomic mass is 35.5. The highest BCUT2D eigenvalue weighted by Gasteiger charge is 2.26. The molecular weight excluding hydrogens is 394 g/mol. The monoisotopic (exact) mass is 411 g/mol. The molecule has 1 aromatic heterocycles. The van der Waals surface area contributed by atoms with Crippen molar-refractivity contribution in [1.29, 1.82) is 0 Å². The van der Waals surface area contributed by atoms with Gasteiger partial charge in [0.25, 0.3) is 0 Å². The summed E-state index contributed by atoms with van der Waals surface area (Å²) in [6.07, 6.45) is 5.57. The summed E-state index contributed by atoms with van der Waals surface area (Å²) in [4.78, 5) is 21.3. The molecule has 2 aromatic carbocycles. The second-order valence-corrected chi connectivity index (χ2v) is 7.88. The van der Waals surface area contributed by atoms with Crippen LogP contribution in [0.2, 0.25) is 5.02 Å². The summed E-state index contributed by atoms with van der Waals surface area (Å²) in [6.45, 7) is 0.447. The summed E-state index contributed by atoms with van der Waals surface area (Å²) in [6, 6.07) is 13.8. The Hall–Kier alpha value is -2.57. The summed E-state index contributed by atoms with van der Waals surface area (Å²) >= 11 is 7.93. The number of aromatic nitrogens is 2. The number of nitrogens with one attached hydrogen (secondary N) is 1. The van der Waals surface area contributed by atoms with Crippen molar-refractivity contribution in [2.24, 2.45) is 0 Å². The van der Waals surface area contributed by atoms with Gasteiger partial charge in [0.05, 0.1) is 17.3 Å². The van der Waals surface area contributed by atoms with E-state index >= 15 is 0 Å². The first-order chi connectivity index (χ1) is 13.7. The summed E-state index contributed by atoms with van der Waals surface area (Å²) in [5.41, 5.74) is 2.89. The first-order valence-corrected chi connectivity index (χ1v) is 10.2. The van der Waals surface area contributed by atoms with Gasteiger partial charge in [-0.15, -0.1) is 11.8 Å². The van der Waals surface area contributed by atoms with Gasteiger partial charge in [0.2, 0.25) is 5.91 Å². The fraction of sp³-hybridized carbons (Fsp3) is 0.190. The number of carbonyl (C=O) groups is 1. The van der Waals surface area contributed by atoms with Gasteiger partial charge in [-0.1, -0.05) is 29.8 Å². The van der Waals surface area contributed by atoms with Gasteiger partial charge in [-0.25, -0.2) is 9.97 Å². The van der Waals surface area contributed by atoms with Crippen LogP contribution in [-0.2, 0) is 11.2 Å². The molecule has 142 valence electrons. The predicted molar refractivity (Wildman–Crippen MR) is 111 cm³/mol. The smallest absolute Gasteiger partial charge is 0.230 e. The van der Waals surface area contributed by atoms with E-state index in [1.165, 1.54) is 18.1 Å². The number of fused-ring (bicyclic) bond motifs is 1. The highest BCUT2D eigenvalue weighted by Crippen LogP contribution is 2.39. The van der Waals surface area contributed by atoms with Gasteiger partial charge >= 0.3 is 0 Å². The lowest BCUT2D eigenvalue weighted by Gasteiger charge is -2.12. The first-order valence-electron chi connectivity index (χ1n) is 8.88. The molecule has 1 aliphatic heterocycles. The fourth-order valence-corrected chi connectivity index (χ4v) is 4.09. The van der Waals surface area contributed by atoms with E-state index in [0.717, 1.165) is 21.6 Å². The van der Waals surface area contributed by atoms with E-state index in [9.17, 15) is 4.79 Å². The average Bonchev–Trinajstić information content (AvgIpc) is 3.16. The number of amides is 1. The number of nitrogens with zero attached hydrogens (tertiary/aromatic N) is 2. The fourth-order valence-electron chi connectivity index (χ4n) is 3.06. The molecule has 7 heteroatoms. The van der Waals surface area contributed by atoms with Crippen LogP contribution in [0.3, 0.4) is 0 Å². The molecule has 1 atom stereocenters. The summed E-state index contributed by atoms with van der Waals surface area (Å²) in [5.74, 6) is 1.06. The van der Waals surface area contributed by atoms with Crippen LogP contribution >= 0.6 is 23.4 Å². The zero-order valence-electron chi connectivity index (χ0n) is 15.0. The Balaban J connectivity index is 1.33. The molecule has 0 aliphatic carbocycles. The van der Waals surface area contributed by atoms with E-state index in [2.05, 4.69) is 15.3 Å². The minimum absolute atomic E-state index is 0.0124. The van der Waals surface area contributed by atoms with Gasteiger partial charge in [-0.2, -0.15) is 0 Å². The molecule has 1 aliphatic rings. The Morgan fingerprint density at radius 2 is 1.96 bits per heavy atom. The number of thioether (sulfide) groups is 1. The Kier molecular flexibility index (Phi) is 5.78. The maximum atomic E-state index is 12.1. The van der Waals surface area contributed by atoms with Crippen LogP contribution in [0.1, 0.15) is 5.56 Å². The molecule has 1 amide bonds. The lowest BCUT2D eigenvalue weighted by atomic mass is 10.0. The third kappa shape index (κ3) is 4.46. The third-order valence-electron chi connectivity index (χ3n) is 4.39. The van der Waals surface area contributed by atoms with Crippen molar-refractivity contribution in [2.75, 3.05) is 12.3 Å². The van der Waals surface area contributed by atoms with Gasteiger partial charge in [0, 0.05) is 34.8 Å². The second-order valence-electron chi connectivity index (χ2n) is 6.42. The molecule has 0 bridgehead atoms. The number of rotatable bonds is 6. The molecule has 2 heterocycles. The topological polar surface area (TPSA) is 64.1 Å². The summed E-state index contributed by atoms with van der Waals surface area (Å²) in [7, 11) is 0. The molecule has 4 rings (SSSR count). The average molecular weight is 412 g/mol. The van der Waals surface area contributed by atoms with Gasteiger partial charge in [0.15, 0.2) is 0 Å². The van der Waals surface area contributed by atoms with E-state index < -0.39 is 0 Å². The van der Waals surface area contributed by atoms with E-state index in [1.807, 2.05) is 42.5 Å². The van der Waals surface area contributed by atoms with Crippen LogP contribution in [0.25, 0.3) is 11.1 Å². The molecule has 3 aromatic rings. The van der Waals surface area contributed by atoms with E-state index in [0.29, 0.717) is 29.5 Å². The molecule has 28 heavy (non-hydrogen) atoms. The van der Waals surface area contributed by atoms with E-state index in [1.54, 1.807) is 12.4 Å². The van der Waals surface area contributed by atoms with Crippen molar-refractivity contribution in [3.8, 4) is 16.9 Å². The van der Waals surface area contributed by atoms with Crippen molar-refractivity contribution in [1.82, 2.24) is 15.3 Å². The van der Waals surface area contributed by atoms with Gasteiger partial charge < -0.3 is 10.1 Å². The highest BCUT2D eigenvalue weighted by molar-refractivity contribution is 8.00. The molecule has 0 saturated carbocycles. The van der Waals surface area contributed by atoms with Crippen LogP contribution in [0, 0.1) is 0 Å². The molecule has 1 N–H and O–H groups in total. The zero-order valence-corrected chi connectivity index (χ0v) is 16.5. The quantitative estimate of drug-likeness (QED) is 0.621. The van der Waals surface area contributed by atoms with Gasteiger partial charge in [0.1, 0.15) is 18.2 Å². The number of ether oxygens (including phenoxy) is 1. The minimum atomic E-state index is -0.125. The van der Waals surface area contributed by atoms with Crippen molar-refractivity contribution in [2.45, 2.75) is 17.4 Å². The lowest BCUT2D eigenvalue weighted by Crippen LogP contribution is -2.35. The Labute approximate surface area is 172 Å². The number of benzene rings is 2. The zero-order chi connectivity index (χ0) is 19.3. The van der Waals surface area contributed by atoms with Crippen LogP contribution < -0.4 is 10.1 Å². The number of hydrogen-bond acceptors (Lipinski definition) is 5. The van der Waals surface area contributed by atoms with E-state index in [-0.39, 0.29) is 12.0 Å². The largest absolute Gasteiger partial charge is 0.486 e. The number of hydrogen-bond donors (Lipinski definition) is 1. The molecule has 0 unspecified atom stereocenters. The van der Waals surface area contributed by atoms with Crippen LogP contribution in [0.4, 0.5) is 0 Å². The first kappa shape index (κ1) is 18.8. The normalized spacial score (nSPS) is 15.0. The molecule has 0 spiro atoms. The maximum Gasteiger partial charge on any atom is 0.230 e. The number of carbonyl (C=O) groups excluding carboxylic acids is 1. The molecule has 5 nitrogen and oxygen atoms in total. The SMILES string of the molecule is O=C(CSc1ccccc1)NC[C@H]1Cc2cc(-c3cncnc3)cc(Cl)c2O1. The summed E-state index contributed by atoms with van der Waals surface area (Å²) < 4.78 is 5.96. The molecular formula is C21H18ClN3O2S. The van der Waals surface area contributed by atoms with Crippen LogP contribution in [-0.4, -0.2) is 34.3 Å². The Morgan fingerprint density at radius 1 is 1.18 bits per heavy atom. The summed E-state index contributed by atoms with van der Waals surface area (Å²) in [5, 5.41) is 3.51. The van der Waals surface area contributed by atoms with Crippen LogP contribution in [0.15, 0.2) is 66.1 Å². The van der Waals surface area contributed by atoms with Crippen molar-refractivity contribution in [3.63, 3.8) is 0 Å². The van der Waals surface area contributed by atoms with Gasteiger partial charge in [-0.05, 0) is 29.8 Å². The standard InChI is InChI=1S/C21H18ClN3O2S/c22-19-8-14(16-9-23-13-24-10-16)6-15-7-17(27-21(15)19)11-25-20(26)12-28-18-4-2-1-3-5-18/h1-6,8-10,13,17H,7,11-12H2,(H,25,26)/t17-/m1/s1. The lowest BCUT2D eigenvalue weighted by molar-refractivity contribution is -0.118. The van der Waals surface area contributed by atoms with Crippen LogP contribution in [0.5, 0.6) is 5.75 Å². The minimum Gasteiger partial charge on any atom is -0.486 e. The maximum absolute atomic E-state index is 12.1. The molecule has 0 saturated heterocycles. The Morgan fingerprint density at radius 3 is 2.75 bits per heavy atom. The second kappa shape index (κ2) is 8.63. The Bertz CT molecular complexity index is 970. The third-order valence-corrected chi connectivity index (χ3v) is 5.68. The molecule has 0 fully saturated rings. The van der Waals surface area contributed by atoms with Crippen molar-refractivity contribution in [3.05, 3.63) is 71.8 Å². The van der Waals surface area contributed by atoms with Crippen molar-refractivity contribution >= 4 is 29.3 Å². The number of halogens is 1.